The van der Waals surface area contributed by atoms with Crippen LogP contribution in [0.2, 0.25) is 0 Å². The lowest BCUT2D eigenvalue weighted by Gasteiger charge is -1.94. The summed E-state index contributed by atoms with van der Waals surface area (Å²) >= 11 is 0. The second-order valence-corrected chi connectivity index (χ2v) is 1.87. The average Bonchev–Trinajstić information content (AvgIpc) is 1.94. The Hall–Kier alpha value is -1.44. The monoisotopic (exact) mass is 136 g/mol. The highest BCUT2D eigenvalue weighted by molar-refractivity contribution is 5.55. The molecule has 0 amide bonds. The number of rotatable bonds is 1. The van der Waals surface area contributed by atoms with Crippen LogP contribution in [0, 0.1) is 0 Å². The summed E-state index contributed by atoms with van der Waals surface area (Å²) in [5.41, 5.74) is 0.616. The van der Waals surface area contributed by atoms with Crippen LogP contribution in [-0.4, -0.2) is 10.2 Å². The number of aliphatic hydroxyl groups is 1. The number of para-hydroxylation sites is 1. The van der Waals surface area contributed by atoms with E-state index in [1.807, 2.05) is 0 Å². The third kappa shape index (κ3) is 1.29. The minimum absolute atomic E-state index is 0.174. The standard InChI is InChI=1S/C8H8O2/c9-6-5-7-3-1-2-4-8(7)10/h1-6,9-10H/b6-5-. The summed E-state index contributed by atoms with van der Waals surface area (Å²) in [7, 11) is 0. The van der Waals surface area contributed by atoms with Crippen molar-refractivity contribution in [3.63, 3.8) is 0 Å². The lowest BCUT2D eigenvalue weighted by Crippen LogP contribution is -1.71. The van der Waals surface area contributed by atoms with Gasteiger partial charge in [0.2, 0.25) is 0 Å². The van der Waals surface area contributed by atoms with Gasteiger partial charge in [-0.15, -0.1) is 0 Å². The SMILES string of the molecule is O/C=C\c1ccccc1O. The van der Waals surface area contributed by atoms with Crippen molar-refractivity contribution in [1.82, 2.24) is 0 Å². The number of benzene rings is 1. The fourth-order valence-corrected chi connectivity index (χ4v) is 0.709. The minimum atomic E-state index is 0.174. The highest BCUT2D eigenvalue weighted by Gasteiger charge is 1.91. The summed E-state index contributed by atoms with van der Waals surface area (Å²) in [6.45, 7) is 0. The van der Waals surface area contributed by atoms with E-state index in [-0.39, 0.29) is 5.75 Å². The average molecular weight is 136 g/mol. The molecular formula is C8H8O2. The first-order chi connectivity index (χ1) is 4.84. The van der Waals surface area contributed by atoms with Gasteiger partial charge in [0.05, 0.1) is 6.26 Å². The van der Waals surface area contributed by atoms with Crippen LogP contribution in [0.4, 0.5) is 0 Å². The molecule has 0 aliphatic rings. The molecule has 0 heterocycles. The van der Waals surface area contributed by atoms with E-state index in [0.717, 1.165) is 6.26 Å². The molecule has 10 heavy (non-hydrogen) atoms. The molecule has 0 unspecified atom stereocenters. The maximum atomic E-state index is 9.08. The molecule has 1 aromatic rings. The molecule has 52 valence electrons. The zero-order valence-corrected chi connectivity index (χ0v) is 5.36. The van der Waals surface area contributed by atoms with Crippen molar-refractivity contribution in [3.8, 4) is 5.75 Å². The molecule has 0 aliphatic carbocycles. The first kappa shape index (κ1) is 6.68. The Morgan fingerprint density at radius 3 is 2.50 bits per heavy atom. The summed E-state index contributed by atoms with van der Waals surface area (Å²) < 4.78 is 0. The van der Waals surface area contributed by atoms with E-state index < -0.39 is 0 Å². The first-order valence-electron chi connectivity index (χ1n) is 2.93. The van der Waals surface area contributed by atoms with E-state index >= 15 is 0 Å². The molecule has 0 saturated carbocycles. The molecule has 0 spiro atoms. The zero-order valence-electron chi connectivity index (χ0n) is 5.36. The van der Waals surface area contributed by atoms with E-state index in [0.29, 0.717) is 5.56 Å². The summed E-state index contributed by atoms with van der Waals surface area (Å²) in [6, 6.07) is 6.79. The van der Waals surface area contributed by atoms with E-state index in [4.69, 9.17) is 10.2 Å². The van der Waals surface area contributed by atoms with Crippen LogP contribution in [0.25, 0.3) is 6.08 Å². The molecule has 0 fully saturated rings. The number of hydrogen-bond acceptors (Lipinski definition) is 2. The second kappa shape index (κ2) is 2.92. The quantitative estimate of drug-likeness (QED) is 0.579. The fourth-order valence-electron chi connectivity index (χ4n) is 0.709. The van der Waals surface area contributed by atoms with Gasteiger partial charge in [0, 0.05) is 5.56 Å². The van der Waals surface area contributed by atoms with Crippen molar-refractivity contribution in [1.29, 1.82) is 0 Å². The van der Waals surface area contributed by atoms with Crippen LogP contribution in [0.3, 0.4) is 0 Å². The van der Waals surface area contributed by atoms with Crippen molar-refractivity contribution >= 4 is 6.08 Å². The van der Waals surface area contributed by atoms with Crippen molar-refractivity contribution in [3.05, 3.63) is 36.1 Å². The number of aromatic hydroxyl groups is 1. The molecule has 0 aliphatic heterocycles. The number of phenolic OH excluding ortho intramolecular Hbond substituents is 1. The van der Waals surface area contributed by atoms with Crippen molar-refractivity contribution in [2.75, 3.05) is 0 Å². The minimum Gasteiger partial charge on any atom is -0.516 e. The van der Waals surface area contributed by atoms with Crippen LogP contribution in [-0.2, 0) is 0 Å². The molecule has 2 nitrogen and oxygen atoms in total. The number of phenols is 1. The van der Waals surface area contributed by atoms with Gasteiger partial charge in [-0.05, 0) is 12.1 Å². The molecule has 0 aromatic heterocycles. The predicted molar refractivity (Wildman–Crippen MR) is 39.8 cm³/mol. The molecule has 0 saturated heterocycles. The Kier molecular flexibility index (Phi) is 1.95. The Morgan fingerprint density at radius 2 is 1.90 bits per heavy atom. The van der Waals surface area contributed by atoms with Crippen LogP contribution >= 0.6 is 0 Å². The van der Waals surface area contributed by atoms with E-state index in [1.165, 1.54) is 6.08 Å². The molecule has 0 radical (unpaired) electrons. The van der Waals surface area contributed by atoms with E-state index in [1.54, 1.807) is 24.3 Å². The number of hydrogen-bond donors (Lipinski definition) is 2. The van der Waals surface area contributed by atoms with Crippen LogP contribution < -0.4 is 0 Å². The normalized spacial score (nSPS) is 10.4. The van der Waals surface area contributed by atoms with Gasteiger partial charge >= 0.3 is 0 Å². The van der Waals surface area contributed by atoms with E-state index in [9.17, 15) is 0 Å². The second-order valence-electron chi connectivity index (χ2n) is 1.87. The Balaban J connectivity index is 3.03. The molecule has 0 atom stereocenters. The van der Waals surface area contributed by atoms with Crippen molar-refractivity contribution in [2.24, 2.45) is 0 Å². The lowest BCUT2D eigenvalue weighted by molar-refractivity contribution is 0.469. The van der Waals surface area contributed by atoms with Gasteiger partial charge in [0.15, 0.2) is 0 Å². The van der Waals surface area contributed by atoms with Crippen LogP contribution in [0.1, 0.15) is 5.56 Å². The van der Waals surface area contributed by atoms with E-state index in [2.05, 4.69) is 0 Å². The molecule has 0 bridgehead atoms. The summed E-state index contributed by atoms with van der Waals surface area (Å²) in [6.07, 6.45) is 2.32. The van der Waals surface area contributed by atoms with Gasteiger partial charge in [0.1, 0.15) is 5.75 Å². The van der Waals surface area contributed by atoms with Gasteiger partial charge < -0.3 is 10.2 Å². The third-order valence-corrected chi connectivity index (χ3v) is 1.19. The summed E-state index contributed by atoms with van der Waals surface area (Å²) in [5.74, 6) is 0.174. The first-order valence-corrected chi connectivity index (χ1v) is 2.93. The maximum absolute atomic E-state index is 9.08. The van der Waals surface area contributed by atoms with Crippen molar-refractivity contribution < 1.29 is 10.2 Å². The highest BCUT2D eigenvalue weighted by atomic mass is 16.3. The Bertz CT molecular complexity index is 241. The summed E-state index contributed by atoms with van der Waals surface area (Å²) in [5, 5.41) is 17.4. The maximum Gasteiger partial charge on any atom is 0.122 e. The third-order valence-electron chi connectivity index (χ3n) is 1.19. The van der Waals surface area contributed by atoms with Gasteiger partial charge in [-0.3, -0.25) is 0 Å². The van der Waals surface area contributed by atoms with Gasteiger partial charge in [-0.1, -0.05) is 18.2 Å². The zero-order chi connectivity index (χ0) is 7.40. The largest absolute Gasteiger partial charge is 0.516 e. The molecule has 1 rings (SSSR count). The smallest absolute Gasteiger partial charge is 0.122 e. The topological polar surface area (TPSA) is 40.5 Å². The summed E-state index contributed by atoms with van der Waals surface area (Å²) in [4.78, 5) is 0. The van der Waals surface area contributed by atoms with Gasteiger partial charge in [0.25, 0.3) is 0 Å². The molecule has 2 N–H and O–H groups in total. The van der Waals surface area contributed by atoms with Gasteiger partial charge in [-0.2, -0.15) is 0 Å². The van der Waals surface area contributed by atoms with Gasteiger partial charge in [-0.25, -0.2) is 0 Å². The molecular weight excluding hydrogens is 128 g/mol. The molecule has 2 heteroatoms. The fraction of sp³-hybridized carbons (Fsp3) is 0. The molecule has 1 aromatic carbocycles. The Labute approximate surface area is 59.1 Å². The highest BCUT2D eigenvalue weighted by Crippen LogP contribution is 2.16. The Morgan fingerprint density at radius 1 is 1.20 bits per heavy atom. The lowest BCUT2D eigenvalue weighted by atomic mass is 10.2. The predicted octanol–water partition coefficient (Wildman–Crippen LogP) is 1.92. The van der Waals surface area contributed by atoms with Crippen LogP contribution in [0.5, 0.6) is 5.75 Å². The number of aliphatic hydroxyl groups excluding tert-OH is 1. The van der Waals surface area contributed by atoms with Crippen molar-refractivity contribution in [2.45, 2.75) is 0 Å². The van der Waals surface area contributed by atoms with Crippen LogP contribution in [0.15, 0.2) is 30.5 Å².